The summed E-state index contributed by atoms with van der Waals surface area (Å²) in [5, 5.41) is 4.22. The molecule has 1 unspecified atom stereocenters. The number of aromatic nitrogens is 2. The number of hydrogen-bond donors (Lipinski definition) is 0. The van der Waals surface area contributed by atoms with E-state index in [2.05, 4.69) is 5.10 Å². The molecule has 0 N–H and O–H groups in total. The molecule has 1 aromatic heterocycles. The lowest BCUT2D eigenvalue weighted by Crippen LogP contribution is -2.59. The van der Waals surface area contributed by atoms with Gasteiger partial charge in [-0.2, -0.15) is 5.10 Å². The number of amides is 3. The van der Waals surface area contributed by atoms with E-state index in [1.165, 1.54) is 17.0 Å². The van der Waals surface area contributed by atoms with Crippen LogP contribution in [0.1, 0.15) is 28.2 Å². The SMILES string of the molecule is Cc1cc(C(=O)N2CCC3C(=O)N(Cc4cccc(F)c4)CC(=O)N3CC2)n(C)n1. The van der Waals surface area contributed by atoms with Gasteiger partial charge < -0.3 is 14.7 Å². The first-order valence-electron chi connectivity index (χ1n) is 9.96. The molecule has 0 saturated carbocycles. The zero-order chi connectivity index (χ0) is 21.4. The van der Waals surface area contributed by atoms with Gasteiger partial charge in [-0.05, 0) is 37.1 Å². The number of carbonyl (C=O) groups excluding carboxylic acids is 3. The van der Waals surface area contributed by atoms with Gasteiger partial charge in [0.2, 0.25) is 11.8 Å². The van der Waals surface area contributed by atoms with Gasteiger partial charge in [0.1, 0.15) is 24.1 Å². The molecule has 2 aliphatic heterocycles. The second-order valence-corrected chi connectivity index (χ2v) is 7.80. The smallest absolute Gasteiger partial charge is 0.272 e. The molecular weight excluding hydrogens is 389 g/mol. The van der Waals surface area contributed by atoms with Crippen LogP contribution in [0.4, 0.5) is 4.39 Å². The Morgan fingerprint density at radius 3 is 2.70 bits per heavy atom. The third-order valence-electron chi connectivity index (χ3n) is 5.67. The van der Waals surface area contributed by atoms with Crippen molar-refractivity contribution in [3.8, 4) is 0 Å². The first-order valence-corrected chi connectivity index (χ1v) is 9.96. The minimum Gasteiger partial charge on any atom is -0.335 e. The number of halogens is 1. The van der Waals surface area contributed by atoms with Crippen LogP contribution in [0, 0.1) is 12.7 Å². The molecule has 0 aliphatic carbocycles. The summed E-state index contributed by atoms with van der Waals surface area (Å²) in [7, 11) is 1.72. The number of piperazine rings is 1. The van der Waals surface area contributed by atoms with Crippen molar-refractivity contribution in [1.29, 1.82) is 0 Å². The maximum atomic E-state index is 13.5. The van der Waals surface area contributed by atoms with Gasteiger partial charge in [-0.25, -0.2) is 4.39 Å². The van der Waals surface area contributed by atoms with Gasteiger partial charge in [0, 0.05) is 33.2 Å². The Kier molecular flexibility index (Phi) is 5.27. The van der Waals surface area contributed by atoms with Crippen molar-refractivity contribution >= 4 is 17.7 Å². The number of benzene rings is 1. The zero-order valence-electron chi connectivity index (χ0n) is 17.0. The van der Waals surface area contributed by atoms with Crippen LogP contribution in [0.2, 0.25) is 0 Å². The lowest BCUT2D eigenvalue weighted by Gasteiger charge is -2.39. The minimum atomic E-state index is -0.606. The normalized spacial score (nSPS) is 19.7. The molecule has 2 aromatic rings. The van der Waals surface area contributed by atoms with Crippen LogP contribution in [0.15, 0.2) is 30.3 Å². The summed E-state index contributed by atoms with van der Waals surface area (Å²) in [6.07, 6.45) is 0.368. The highest BCUT2D eigenvalue weighted by molar-refractivity contribution is 5.96. The standard InChI is InChI=1S/C21H24FN5O3/c1-14-10-18(24(2)23-14)21(30)25-7-6-17-20(29)26(13-19(28)27(17)9-8-25)12-15-4-3-5-16(22)11-15/h3-5,10-11,17H,6-9,12-13H2,1-2H3. The minimum absolute atomic E-state index is 0.0410. The fraction of sp³-hybridized carbons (Fsp3) is 0.429. The Labute approximate surface area is 173 Å². The summed E-state index contributed by atoms with van der Waals surface area (Å²) < 4.78 is 15.0. The third kappa shape index (κ3) is 3.79. The fourth-order valence-electron chi connectivity index (χ4n) is 4.19. The predicted molar refractivity (Wildman–Crippen MR) is 106 cm³/mol. The molecule has 3 heterocycles. The quantitative estimate of drug-likeness (QED) is 0.751. The monoisotopic (exact) mass is 413 g/mol. The molecule has 2 saturated heterocycles. The van der Waals surface area contributed by atoms with Crippen molar-refractivity contribution in [2.75, 3.05) is 26.2 Å². The van der Waals surface area contributed by atoms with E-state index in [1.54, 1.807) is 39.7 Å². The molecule has 3 amide bonds. The van der Waals surface area contributed by atoms with Crippen molar-refractivity contribution in [2.45, 2.75) is 25.9 Å². The zero-order valence-corrected chi connectivity index (χ0v) is 17.0. The molecular formula is C21H24FN5O3. The molecule has 1 aromatic carbocycles. The third-order valence-corrected chi connectivity index (χ3v) is 5.67. The van der Waals surface area contributed by atoms with Crippen molar-refractivity contribution in [3.05, 3.63) is 53.1 Å². The van der Waals surface area contributed by atoms with Gasteiger partial charge in [-0.1, -0.05) is 12.1 Å². The Bertz CT molecular complexity index is 1000. The van der Waals surface area contributed by atoms with Gasteiger partial charge in [0.05, 0.1) is 5.69 Å². The average Bonchev–Trinajstić information content (AvgIpc) is 2.90. The van der Waals surface area contributed by atoms with Crippen LogP contribution in [0.5, 0.6) is 0 Å². The summed E-state index contributed by atoms with van der Waals surface area (Å²) in [6.45, 7) is 3.01. The Morgan fingerprint density at radius 1 is 1.20 bits per heavy atom. The van der Waals surface area contributed by atoms with E-state index in [0.717, 1.165) is 5.69 Å². The molecule has 0 bridgehead atoms. The van der Waals surface area contributed by atoms with E-state index < -0.39 is 6.04 Å². The van der Waals surface area contributed by atoms with Crippen LogP contribution in [-0.4, -0.2) is 74.4 Å². The van der Waals surface area contributed by atoms with E-state index in [-0.39, 0.29) is 36.6 Å². The molecule has 2 fully saturated rings. The Balaban J connectivity index is 1.48. The molecule has 2 aliphatic rings. The number of hydrogen-bond acceptors (Lipinski definition) is 4. The van der Waals surface area contributed by atoms with Crippen molar-refractivity contribution in [1.82, 2.24) is 24.5 Å². The van der Waals surface area contributed by atoms with Gasteiger partial charge in [-0.15, -0.1) is 0 Å². The Hall–Kier alpha value is -3.23. The molecule has 1 atom stereocenters. The van der Waals surface area contributed by atoms with Crippen LogP contribution in [0.3, 0.4) is 0 Å². The molecule has 30 heavy (non-hydrogen) atoms. The lowest BCUT2D eigenvalue weighted by atomic mass is 10.1. The van der Waals surface area contributed by atoms with Crippen LogP contribution in [0.25, 0.3) is 0 Å². The van der Waals surface area contributed by atoms with E-state index in [1.807, 2.05) is 6.92 Å². The van der Waals surface area contributed by atoms with Gasteiger partial charge in [0.25, 0.3) is 5.91 Å². The van der Waals surface area contributed by atoms with E-state index in [9.17, 15) is 18.8 Å². The molecule has 0 radical (unpaired) electrons. The molecule has 158 valence electrons. The second kappa shape index (κ2) is 7.89. The number of carbonyl (C=O) groups is 3. The topological polar surface area (TPSA) is 78.8 Å². The van der Waals surface area contributed by atoms with Crippen molar-refractivity contribution < 1.29 is 18.8 Å². The first kappa shape index (κ1) is 20.1. The summed E-state index contributed by atoms with van der Waals surface area (Å²) >= 11 is 0. The number of rotatable bonds is 3. The van der Waals surface area contributed by atoms with E-state index in [0.29, 0.717) is 37.3 Å². The van der Waals surface area contributed by atoms with Gasteiger partial charge >= 0.3 is 0 Å². The average molecular weight is 413 g/mol. The van der Waals surface area contributed by atoms with Gasteiger partial charge in [0.15, 0.2) is 0 Å². The summed E-state index contributed by atoms with van der Waals surface area (Å²) in [4.78, 5) is 43.5. The van der Waals surface area contributed by atoms with E-state index in [4.69, 9.17) is 0 Å². The highest BCUT2D eigenvalue weighted by Crippen LogP contribution is 2.22. The molecule has 4 rings (SSSR count). The van der Waals surface area contributed by atoms with Crippen molar-refractivity contribution in [2.24, 2.45) is 7.05 Å². The van der Waals surface area contributed by atoms with Crippen molar-refractivity contribution in [3.63, 3.8) is 0 Å². The lowest BCUT2D eigenvalue weighted by molar-refractivity contribution is -0.156. The number of aryl methyl sites for hydroxylation is 2. The van der Waals surface area contributed by atoms with E-state index >= 15 is 0 Å². The summed E-state index contributed by atoms with van der Waals surface area (Å²) in [5.74, 6) is -0.848. The highest BCUT2D eigenvalue weighted by Gasteiger charge is 2.41. The van der Waals surface area contributed by atoms with Gasteiger partial charge in [-0.3, -0.25) is 19.1 Å². The summed E-state index contributed by atoms with van der Waals surface area (Å²) in [5.41, 5.74) is 1.88. The second-order valence-electron chi connectivity index (χ2n) is 7.80. The molecule has 9 heteroatoms. The largest absolute Gasteiger partial charge is 0.335 e. The molecule has 0 spiro atoms. The Morgan fingerprint density at radius 2 is 2.00 bits per heavy atom. The van der Waals surface area contributed by atoms with Crippen LogP contribution >= 0.6 is 0 Å². The van der Waals surface area contributed by atoms with Crippen LogP contribution < -0.4 is 0 Å². The summed E-state index contributed by atoms with van der Waals surface area (Å²) in [6, 6.07) is 7.16. The molecule has 8 nitrogen and oxygen atoms in total. The maximum absolute atomic E-state index is 13.5. The van der Waals surface area contributed by atoms with Crippen LogP contribution in [-0.2, 0) is 23.2 Å². The highest BCUT2D eigenvalue weighted by atomic mass is 19.1. The fourth-order valence-corrected chi connectivity index (χ4v) is 4.19. The predicted octanol–water partition coefficient (Wildman–Crippen LogP) is 0.953. The first-order chi connectivity index (χ1) is 14.3. The maximum Gasteiger partial charge on any atom is 0.272 e. The number of nitrogens with zero attached hydrogens (tertiary/aromatic N) is 5. The number of fused-ring (bicyclic) bond motifs is 1.